The van der Waals surface area contributed by atoms with Crippen LogP contribution in [0.2, 0.25) is 0 Å². The summed E-state index contributed by atoms with van der Waals surface area (Å²) >= 11 is 0. The molecule has 0 unspecified atom stereocenters. The van der Waals surface area contributed by atoms with Crippen molar-refractivity contribution in [3.63, 3.8) is 0 Å². The number of likely N-dealkylation sites (N-methyl/N-ethyl adjacent to an activating group) is 1. The monoisotopic (exact) mass is 340 g/mol. The molecule has 0 spiro atoms. The van der Waals surface area contributed by atoms with E-state index in [0.29, 0.717) is 11.2 Å². The van der Waals surface area contributed by atoms with Crippen LogP contribution in [0.3, 0.4) is 0 Å². The van der Waals surface area contributed by atoms with Crippen molar-refractivity contribution in [1.29, 1.82) is 0 Å². The SMILES string of the molecule is CCc1nc2oc3c(=O)n(CC(=O)NC)cnc3c2c2c1CCCC2. The second kappa shape index (κ2) is 5.98. The van der Waals surface area contributed by atoms with E-state index in [9.17, 15) is 9.59 Å². The van der Waals surface area contributed by atoms with Crippen LogP contribution in [0.1, 0.15) is 36.6 Å². The summed E-state index contributed by atoms with van der Waals surface area (Å²) in [6.45, 7) is 2.00. The van der Waals surface area contributed by atoms with Crippen molar-refractivity contribution in [2.45, 2.75) is 45.6 Å². The summed E-state index contributed by atoms with van der Waals surface area (Å²) in [5, 5.41) is 3.37. The second-order valence-electron chi connectivity index (χ2n) is 6.39. The molecule has 1 aliphatic carbocycles. The molecule has 1 N–H and O–H groups in total. The van der Waals surface area contributed by atoms with E-state index < -0.39 is 0 Å². The first kappa shape index (κ1) is 15.8. The predicted octanol–water partition coefficient (Wildman–Crippen LogP) is 1.72. The van der Waals surface area contributed by atoms with E-state index in [0.717, 1.165) is 43.2 Å². The highest BCUT2D eigenvalue weighted by Gasteiger charge is 2.24. The van der Waals surface area contributed by atoms with Crippen molar-refractivity contribution in [2.24, 2.45) is 0 Å². The van der Waals surface area contributed by atoms with Crippen molar-refractivity contribution >= 4 is 28.1 Å². The Labute approximate surface area is 144 Å². The summed E-state index contributed by atoms with van der Waals surface area (Å²) in [5.41, 5.74) is 4.43. The zero-order chi connectivity index (χ0) is 17.6. The highest BCUT2D eigenvalue weighted by Crippen LogP contribution is 2.34. The predicted molar refractivity (Wildman–Crippen MR) is 93.7 cm³/mol. The van der Waals surface area contributed by atoms with Gasteiger partial charge in [-0.1, -0.05) is 6.92 Å². The fraction of sp³-hybridized carbons (Fsp3) is 0.444. The molecule has 3 aromatic rings. The number of aromatic nitrogens is 3. The minimum atomic E-state index is -0.353. The Bertz CT molecular complexity index is 1050. The van der Waals surface area contributed by atoms with Crippen LogP contribution in [0.15, 0.2) is 15.5 Å². The van der Waals surface area contributed by atoms with Gasteiger partial charge < -0.3 is 9.73 Å². The maximum atomic E-state index is 12.7. The smallest absolute Gasteiger partial charge is 0.297 e. The van der Waals surface area contributed by atoms with Crippen molar-refractivity contribution < 1.29 is 9.21 Å². The first-order valence-corrected chi connectivity index (χ1v) is 8.66. The summed E-state index contributed by atoms with van der Waals surface area (Å²) in [7, 11) is 1.53. The Morgan fingerprint density at radius 1 is 1.32 bits per heavy atom. The molecule has 0 aliphatic heterocycles. The molecule has 1 amide bonds. The van der Waals surface area contributed by atoms with Crippen LogP contribution in [0.25, 0.3) is 22.2 Å². The van der Waals surface area contributed by atoms with Gasteiger partial charge in [0.25, 0.3) is 5.56 Å². The van der Waals surface area contributed by atoms with Crippen LogP contribution in [0, 0.1) is 0 Å². The normalized spacial score (nSPS) is 14.0. The number of carbonyl (C=O) groups excluding carboxylic acids is 1. The molecule has 0 saturated heterocycles. The molecule has 4 rings (SSSR count). The molecule has 0 fully saturated rings. The number of furan rings is 1. The zero-order valence-corrected chi connectivity index (χ0v) is 14.4. The van der Waals surface area contributed by atoms with Gasteiger partial charge in [-0.2, -0.15) is 0 Å². The van der Waals surface area contributed by atoms with Crippen molar-refractivity contribution in [3.8, 4) is 0 Å². The van der Waals surface area contributed by atoms with Gasteiger partial charge in [0.2, 0.25) is 17.2 Å². The number of fused-ring (bicyclic) bond motifs is 5. The summed E-state index contributed by atoms with van der Waals surface area (Å²) in [6.07, 6.45) is 6.51. The van der Waals surface area contributed by atoms with Crippen LogP contribution in [-0.2, 0) is 30.6 Å². The lowest BCUT2D eigenvalue weighted by Crippen LogP contribution is -2.30. The average Bonchev–Trinajstić information content (AvgIpc) is 3.02. The second-order valence-corrected chi connectivity index (χ2v) is 6.39. The van der Waals surface area contributed by atoms with Crippen LogP contribution in [0.5, 0.6) is 0 Å². The molecule has 0 bridgehead atoms. The molecule has 3 aromatic heterocycles. The number of nitrogens with one attached hydrogen (secondary N) is 1. The Morgan fingerprint density at radius 3 is 2.80 bits per heavy atom. The van der Waals surface area contributed by atoms with Crippen LogP contribution >= 0.6 is 0 Å². The van der Waals surface area contributed by atoms with E-state index in [-0.39, 0.29) is 23.6 Å². The third-order valence-electron chi connectivity index (χ3n) is 4.93. The molecular formula is C18H20N4O3. The lowest BCUT2D eigenvalue weighted by molar-refractivity contribution is -0.121. The summed E-state index contributed by atoms with van der Waals surface area (Å²) < 4.78 is 7.07. The Balaban J connectivity index is 2.00. The number of pyridine rings is 1. The number of nitrogens with zero attached hydrogens (tertiary/aromatic N) is 3. The molecule has 0 aromatic carbocycles. The lowest BCUT2D eigenvalue weighted by Gasteiger charge is -2.18. The lowest BCUT2D eigenvalue weighted by atomic mass is 9.88. The Kier molecular flexibility index (Phi) is 3.78. The van der Waals surface area contributed by atoms with Gasteiger partial charge in [-0.3, -0.25) is 14.2 Å². The molecule has 7 heteroatoms. The standard InChI is InChI=1S/C18H20N4O3/c1-3-12-10-6-4-5-7-11(10)14-15-16(25-17(14)21-12)18(24)22(9-20-15)8-13(23)19-2/h9H,3-8H2,1-2H3,(H,19,23). The molecule has 25 heavy (non-hydrogen) atoms. The fourth-order valence-corrected chi connectivity index (χ4v) is 3.67. The highest BCUT2D eigenvalue weighted by atomic mass is 16.3. The Morgan fingerprint density at radius 2 is 2.08 bits per heavy atom. The minimum Gasteiger partial charge on any atom is -0.430 e. The average molecular weight is 340 g/mol. The molecule has 1 aliphatic rings. The first-order chi connectivity index (χ1) is 12.1. The zero-order valence-electron chi connectivity index (χ0n) is 14.4. The van der Waals surface area contributed by atoms with Gasteiger partial charge in [0.05, 0.1) is 11.7 Å². The van der Waals surface area contributed by atoms with E-state index >= 15 is 0 Å². The van der Waals surface area contributed by atoms with Gasteiger partial charge in [-0.25, -0.2) is 9.97 Å². The summed E-state index contributed by atoms with van der Waals surface area (Å²) in [6, 6.07) is 0. The van der Waals surface area contributed by atoms with Crippen molar-refractivity contribution in [1.82, 2.24) is 19.9 Å². The van der Waals surface area contributed by atoms with Gasteiger partial charge in [-0.15, -0.1) is 0 Å². The van der Waals surface area contributed by atoms with E-state index in [4.69, 9.17) is 4.42 Å². The van der Waals surface area contributed by atoms with Gasteiger partial charge in [0, 0.05) is 12.7 Å². The topological polar surface area (TPSA) is 90.0 Å². The molecule has 7 nitrogen and oxygen atoms in total. The minimum absolute atomic E-state index is 0.0823. The number of aryl methyl sites for hydroxylation is 2. The number of carbonyl (C=O) groups is 1. The number of hydrogen-bond donors (Lipinski definition) is 1. The third-order valence-corrected chi connectivity index (χ3v) is 4.93. The number of hydrogen-bond acceptors (Lipinski definition) is 5. The first-order valence-electron chi connectivity index (χ1n) is 8.66. The maximum Gasteiger partial charge on any atom is 0.297 e. The molecule has 130 valence electrons. The largest absolute Gasteiger partial charge is 0.430 e. The number of amides is 1. The quantitative estimate of drug-likeness (QED) is 0.784. The Hall–Kier alpha value is -2.70. The van der Waals surface area contributed by atoms with Crippen molar-refractivity contribution in [3.05, 3.63) is 33.5 Å². The summed E-state index contributed by atoms with van der Waals surface area (Å²) in [5.74, 6) is -0.261. The van der Waals surface area contributed by atoms with Gasteiger partial charge >= 0.3 is 0 Å². The highest BCUT2D eigenvalue weighted by molar-refractivity contribution is 6.03. The van der Waals surface area contributed by atoms with E-state index in [1.54, 1.807) is 0 Å². The van der Waals surface area contributed by atoms with Gasteiger partial charge in [0.15, 0.2) is 0 Å². The summed E-state index contributed by atoms with van der Waals surface area (Å²) in [4.78, 5) is 33.4. The molecule has 0 radical (unpaired) electrons. The van der Waals surface area contributed by atoms with Gasteiger partial charge in [0.1, 0.15) is 12.1 Å². The third kappa shape index (κ3) is 2.42. The van der Waals surface area contributed by atoms with Crippen LogP contribution in [-0.4, -0.2) is 27.5 Å². The number of rotatable bonds is 3. The molecule has 0 atom stereocenters. The van der Waals surface area contributed by atoms with Gasteiger partial charge in [-0.05, 0) is 43.2 Å². The molecular weight excluding hydrogens is 320 g/mol. The van der Waals surface area contributed by atoms with Crippen molar-refractivity contribution in [2.75, 3.05) is 7.05 Å². The van der Waals surface area contributed by atoms with E-state index in [1.165, 1.54) is 29.1 Å². The maximum absolute atomic E-state index is 12.7. The van der Waals surface area contributed by atoms with Crippen LogP contribution in [0.4, 0.5) is 0 Å². The molecule has 0 saturated carbocycles. The molecule has 3 heterocycles. The van der Waals surface area contributed by atoms with E-state index in [1.807, 2.05) is 0 Å². The van der Waals surface area contributed by atoms with E-state index in [2.05, 4.69) is 22.2 Å². The fourth-order valence-electron chi connectivity index (χ4n) is 3.67. The van der Waals surface area contributed by atoms with Crippen LogP contribution < -0.4 is 10.9 Å².